The summed E-state index contributed by atoms with van der Waals surface area (Å²) in [6.07, 6.45) is 0. The molecule has 0 aromatic heterocycles. The summed E-state index contributed by atoms with van der Waals surface area (Å²) < 4.78 is 5.50. The second kappa shape index (κ2) is 8.97. The lowest BCUT2D eigenvalue weighted by atomic mass is 9.85. The van der Waals surface area contributed by atoms with Crippen LogP contribution < -0.4 is 0 Å². The van der Waals surface area contributed by atoms with Crippen LogP contribution in [0.1, 0.15) is 36.1 Å². The first-order chi connectivity index (χ1) is 12.4. The second-order valence-electron chi connectivity index (χ2n) is 6.62. The highest BCUT2D eigenvalue weighted by Crippen LogP contribution is 2.32. The number of hydrogen-bond acceptors (Lipinski definition) is 4. The van der Waals surface area contributed by atoms with Gasteiger partial charge in [-0.2, -0.15) is 0 Å². The van der Waals surface area contributed by atoms with E-state index in [1.165, 1.54) is 0 Å². The Balaban J connectivity index is 2.34. The predicted octanol–water partition coefficient (Wildman–Crippen LogP) is 3.42. The van der Waals surface area contributed by atoms with Gasteiger partial charge in [0.15, 0.2) is 0 Å². The van der Waals surface area contributed by atoms with Gasteiger partial charge in [0, 0.05) is 6.54 Å². The molecule has 0 aliphatic carbocycles. The van der Waals surface area contributed by atoms with Crippen molar-refractivity contribution in [1.82, 2.24) is 4.90 Å². The molecule has 0 heterocycles. The highest BCUT2D eigenvalue weighted by atomic mass is 16.5. The number of carbonyl (C=O) groups is 1. The molecule has 1 atom stereocenters. The first-order valence-electron chi connectivity index (χ1n) is 9.18. The van der Waals surface area contributed by atoms with Gasteiger partial charge in [0.05, 0.1) is 0 Å². The van der Waals surface area contributed by atoms with Crippen LogP contribution in [0.5, 0.6) is 0 Å². The molecule has 0 fully saturated rings. The fourth-order valence-electron chi connectivity index (χ4n) is 3.18. The molecule has 0 radical (unpaired) electrons. The van der Waals surface area contributed by atoms with Crippen molar-refractivity contribution in [2.24, 2.45) is 0 Å². The molecular formula is C22H29NO3. The van der Waals surface area contributed by atoms with Crippen LogP contribution in [0.4, 0.5) is 0 Å². The molecule has 2 aromatic rings. The number of carbonyl (C=O) groups excluding carboxylic acids is 1. The second-order valence-corrected chi connectivity index (χ2v) is 6.62. The van der Waals surface area contributed by atoms with Crippen molar-refractivity contribution in [3.63, 3.8) is 0 Å². The molecule has 2 rings (SSSR count). The van der Waals surface area contributed by atoms with Crippen molar-refractivity contribution in [2.45, 2.75) is 33.3 Å². The van der Waals surface area contributed by atoms with Gasteiger partial charge in [-0.15, -0.1) is 0 Å². The predicted molar refractivity (Wildman–Crippen MR) is 104 cm³/mol. The molecule has 1 unspecified atom stereocenters. The van der Waals surface area contributed by atoms with E-state index in [0.717, 1.165) is 24.2 Å². The Morgan fingerprint density at radius 1 is 1.00 bits per heavy atom. The van der Waals surface area contributed by atoms with Gasteiger partial charge in [-0.3, -0.25) is 0 Å². The van der Waals surface area contributed by atoms with Crippen LogP contribution in [0, 0.1) is 13.8 Å². The molecule has 140 valence electrons. The van der Waals surface area contributed by atoms with Crippen LogP contribution in [0.25, 0.3) is 0 Å². The van der Waals surface area contributed by atoms with Crippen molar-refractivity contribution in [2.75, 3.05) is 26.2 Å². The highest BCUT2D eigenvalue weighted by molar-refractivity contribution is 5.85. The standard InChI is InChI=1S/C22H29NO3/c1-5-23(6-2)12-13-26-21(24)22(25,19-10-8-7-9-11-19)20-15-17(3)14-18(4)16-20/h7-11,14-16,25H,5-6,12-13H2,1-4H3. The summed E-state index contributed by atoms with van der Waals surface area (Å²) in [6, 6.07) is 14.7. The lowest BCUT2D eigenvalue weighted by Gasteiger charge is -2.28. The molecule has 26 heavy (non-hydrogen) atoms. The number of hydrogen-bond donors (Lipinski definition) is 1. The average molecular weight is 355 g/mol. The van der Waals surface area contributed by atoms with Crippen molar-refractivity contribution in [3.8, 4) is 0 Å². The minimum absolute atomic E-state index is 0.250. The van der Waals surface area contributed by atoms with Gasteiger partial charge in [-0.25, -0.2) is 4.79 Å². The summed E-state index contributed by atoms with van der Waals surface area (Å²) in [5, 5.41) is 11.5. The van der Waals surface area contributed by atoms with Crippen molar-refractivity contribution in [1.29, 1.82) is 0 Å². The molecule has 0 aliphatic rings. The Kier molecular flexibility index (Phi) is 6.95. The molecule has 0 spiro atoms. The van der Waals surface area contributed by atoms with Crippen LogP contribution in [-0.4, -0.2) is 42.2 Å². The molecule has 0 saturated heterocycles. The van der Waals surface area contributed by atoms with Gasteiger partial charge < -0.3 is 14.7 Å². The van der Waals surface area contributed by atoms with E-state index >= 15 is 0 Å². The Morgan fingerprint density at radius 2 is 1.58 bits per heavy atom. The average Bonchev–Trinajstić information content (AvgIpc) is 2.64. The Bertz CT molecular complexity index is 705. The molecular weight excluding hydrogens is 326 g/mol. The summed E-state index contributed by atoms with van der Waals surface area (Å²) >= 11 is 0. The fourth-order valence-corrected chi connectivity index (χ4v) is 3.18. The van der Waals surface area contributed by atoms with E-state index in [4.69, 9.17) is 4.74 Å². The van der Waals surface area contributed by atoms with E-state index in [1.54, 1.807) is 12.1 Å². The number of benzene rings is 2. The lowest BCUT2D eigenvalue weighted by Crippen LogP contribution is -2.40. The van der Waals surface area contributed by atoms with Crippen LogP contribution in [0.2, 0.25) is 0 Å². The first-order valence-corrected chi connectivity index (χ1v) is 9.18. The van der Waals surface area contributed by atoms with E-state index in [-0.39, 0.29) is 6.61 Å². The van der Waals surface area contributed by atoms with Gasteiger partial charge in [0.1, 0.15) is 6.61 Å². The van der Waals surface area contributed by atoms with E-state index in [2.05, 4.69) is 18.7 Å². The third-order valence-corrected chi connectivity index (χ3v) is 4.66. The molecule has 0 bridgehead atoms. The number of aliphatic hydroxyl groups is 1. The number of nitrogens with zero attached hydrogens (tertiary/aromatic N) is 1. The largest absolute Gasteiger partial charge is 0.462 e. The minimum atomic E-state index is -1.82. The molecule has 0 amide bonds. The summed E-state index contributed by atoms with van der Waals surface area (Å²) in [4.78, 5) is 15.1. The number of esters is 1. The van der Waals surface area contributed by atoms with Crippen LogP contribution >= 0.6 is 0 Å². The van der Waals surface area contributed by atoms with Crippen LogP contribution in [0.15, 0.2) is 48.5 Å². The zero-order valence-electron chi connectivity index (χ0n) is 16.2. The number of rotatable bonds is 8. The van der Waals surface area contributed by atoms with Gasteiger partial charge >= 0.3 is 5.97 Å². The van der Waals surface area contributed by atoms with E-state index in [1.807, 2.05) is 50.2 Å². The van der Waals surface area contributed by atoms with Gasteiger partial charge in [0.25, 0.3) is 0 Å². The monoisotopic (exact) mass is 355 g/mol. The van der Waals surface area contributed by atoms with Crippen molar-refractivity contribution >= 4 is 5.97 Å². The molecule has 4 nitrogen and oxygen atoms in total. The summed E-state index contributed by atoms with van der Waals surface area (Å²) in [6.45, 7) is 10.7. The summed E-state index contributed by atoms with van der Waals surface area (Å²) in [5.41, 5.74) is 1.21. The lowest BCUT2D eigenvalue weighted by molar-refractivity contribution is -0.162. The maximum atomic E-state index is 13.0. The molecule has 1 N–H and O–H groups in total. The quantitative estimate of drug-likeness (QED) is 0.737. The van der Waals surface area contributed by atoms with Crippen LogP contribution in [-0.2, 0) is 15.1 Å². The smallest absolute Gasteiger partial charge is 0.347 e. The number of aryl methyl sites for hydroxylation is 2. The van der Waals surface area contributed by atoms with Gasteiger partial charge in [-0.05, 0) is 38.1 Å². The fraction of sp³-hybridized carbons (Fsp3) is 0.409. The maximum absolute atomic E-state index is 13.0. The van der Waals surface area contributed by atoms with Gasteiger partial charge in [0.2, 0.25) is 5.60 Å². The van der Waals surface area contributed by atoms with E-state index < -0.39 is 11.6 Å². The van der Waals surface area contributed by atoms with E-state index in [9.17, 15) is 9.90 Å². The highest BCUT2D eigenvalue weighted by Gasteiger charge is 2.41. The minimum Gasteiger partial charge on any atom is -0.462 e. The van der Waals surface area contributed by atoms with E-state index in [0.29, 0.717) is 17.7 Å². The third kappa shape index (κ3) is 4.51. The van der Waals surface area contributed by atoms with Crippen LogP contribution in [0.3, 0.4) is 0 Å². The Labute approximate surface area is 156 Å². The van der Waals surface area contributed by atoms with Gasteiger partial charge in [-0.1, -0.05) is 73.5 Å². The van der Waals surface area contributed by atoms with Crippen molar-refractivity contribution < 1.29 is 14.6 Å². The molecule has 2 aromatic carbocycles. The Morgan fingerprint density at radius 3 is 2.12 bits per heavy atom. The molecule has 0 aliphatic heterocycles. The topological polar surface area (TPSA) is 49.8 Å². The van der Waals surface area contributed by atoms with Crippen molar-refractivity contribution in [3.05, 3.63) is 70.8 Å². The third-order valence-electron chi connectivity index (χ3n) is 4.66. The Hall–Kier alpha value is -2.17. The maximum Gasteiger partial charge on any atom is 0.347 e. The molecule has 4 heteroatoms. The molecule has 0 saturated carbocycles. The number of ether oxygens (including phenoxy) is 1. The first kappa shape index (κ1) is 20.1. The SMILES string of the molecule is CCN(CC)CCOC(=O)C(O)(c1ccccc1)c1cc(C)cc(C)c1. The summed E-state index contributed by atoms with van der Waals surface area (Å²) in [7, 11) is 0. The summed E-state index contributed by atoms with van der Waals surface area (Å²) in [5.74, 6) is -0.638. The normalized spacial score (nSPS) is 13.5. The zero-order valence-corrected chi connectivity index (χ0v) is 16.2. The zero-order chi connectivity index (χ0) is 19.2. The number of likely N-dealkylation sites (N-methyl/N-ethyl adjacent to an activating group) is 1.